The van der Waals surface area contributed by atoms with Gasteiger partial charge in [-0.1, -0.05) is 61.9 Å². The Bertz CT molecular complexity index is 697. The first kappa shape index (κ1) is 16.5. The van der Waals surface area contributed by atoms with E-state index in [2.05, 4.69) is 29.6 Å². The Balaban J connectivity index is 1.73. The van der Waals surface area contributed by atoms with Crippen LogP contribution in [0.3, 0.4) is 0 Å². The number of ether oxygens (including phenoxy) is 1. The van der Waals surface area contributed by atoms with Crippen molar-refractivity contribution < 1.29 is 9.53 Å². The van der Waals surface area contributed by atoms with Crippen molar-refractivity contribution >= 4 is 6.09 Å². The molecule has 126 valence electrons. The van der Waals surface area contributed by atoms with Crippen LogP contribution in [0.5, 0.6) is 0 Å². The van der Waals surface area contributed by atoms with E-state index in [0.29, 0.717) is 6.42 Å². The van der Waals surface area contributed by atoms with Gasteiger partial charge in [-0.15, -0.1) is 0 Å². The molecule has 0 aliphatic heterocycles. The maximum absolute atomic E-state index is 12.0. The Morgan fingerprint density at radius 3 is 2.17 bits per heavy atom. The predicted octanol–water partition coefficient (Wildman–Crippen LogP) is 2.90. The summed E-state index contributed by atoms with van der Waals surface area (Å²) in [5, 5.41) is 2.52. The highest BCUT2D eigenvalue weighted by atomic mass is 16.5. The van der Waals surface area contributed by atoms with E-state index >= 15 is 0 Å². The first-order valence-corrected chi connectivity index (χ1v) is 8.23. The normalized spacial score (nSPS) is 13.3. The highest BCUT2D eigenvalue weighted by Gasteiger charge is 2.29. The van der Waals surface area contributed by atoms with E-state index in [1.807, 2.05) is 31.2 Å². The van der Waals surface area contributed by atoms with E-state index in [1.54, 1.807) is 0 Å². The number of nitrogens with two attached hydrogens (primary N) is 2. The molecule has 2 aromatic carbocycles. The Morgan fingerprint density at radius 2 is 1.62 bits per heavy atom. The standard InChI is InChI=1S/C19H23N3O2/c1-2-11-19(20,21)22-18(23)24-12-17-15-9-5-3-7-13(15)14-8-4-6-10-16(14)17/h3-10,17H,2,11-12,20-21H2,1H3,(H,22,23). The van der Waals surface area contributed by atoms with Gasteiger partial charge in [0.2, 0.25) is 0 Å². The number of carbonyl (C=O) groups is 1. The molecule has 0 fully saturated rings. The third-order valence-corrected chi connectivity index (χ3v) is 4.34. The lowest BCUT2D eigenvalue weighted by molar-refractivity contribution is 0.129. The lowest BCUT2D eigenvalue weighted by Gasteiger charge is -2.25. The fourth-order valence-corrected chi connectivity index (χ4v) is 3.30. The molecular formula is C19H23N3O2. The van der Waals surface area contributed by atoms with Crippen LogP contribution in [0.25, 0.3) is 11.1 Å². The number of carbonyl (C=O) groups excluding carboxylic acids is 1. The van der Waals surface area contributed by atoms with Gasteiger partial charge in [0, 0.05) is 5.92 Å². The number of hydrogen-bond donors (Lipinski definition) is 3. The SMILES string of the molecule is CCCC(N)(N)NC(=O)OCC1c2ccccc2-c2ccccc21. The molecule has 0 heterocycles. The molecule has 0 aromatic heterocycles. The third-order valence-electron chi connectivity index (χ3n) is 4.34. The van der Waals surface area contributed by atoms with Crippen molar-refractivity contribution in [1.82, 2.24) is 5.32 Å². The van der Waals surface area contributed by atoms with Crippen LogP contribution in [-0.4, -0.2) is 18.5 Å². The summed E-state index contributed by atoms with van der Waals surface area (Å²) in [5.74, 6) is -1.21. The molecule has 0 unspecified atom stereocenters. The lowest BCUT2D eigenvalue weighted by Crippen LogP contribution is -2.63. The summed E-state index contributed by atoms with van der Waals surface area (Å²) in [6.45, 7) is 2.20. The summed E-state index contributed by atoms with van der Waals surface area (Å²) in [6.07, 6.45) is 0.670. The minimum absolute atomic E-state index is 0.0271. The minimum atomic E-state index is -1.24. The van der Waals surface area contributed by atoms with Gasteiger partial charge in [0.25, 0.3) is 0 Å². The Hall–Kier alpha value is -2.37. The summed E-state index contributed by atoms with van der Waals surface area (Å²) >= 11 is 0. The van der Waals surface area contributed by atoms with Crippen molar-refractivity contribution in [3.05, 3.63) is 59.7 Å². The first-order valence-electron chi connectivity index (χ1n) is 8.23. The maximum Gasteiger partial charge on any atom is 0.409 e. The van der Waals surface area contributed by atoms with Gasteiger partial charge < -0.3 is 4.74 Å². The average Bonchev–Trinajstić information content (AvgIpc) is 2.86. The van der Waals surface area contributed by atoms with Crippen LogP contribution in [0.4, 0.5) is 4.79 Å². The Morgan fingerprint density at radius 1 is 1.08 bits per heavy atom. The second-order valence-electron chi connectivity index (χ2n) is 6.24. The number of hydrogen-bond acceptors (Lipinski definition) is 4. The summed E-state index contributed by atoms with van der Waals surface area (Å²) in [4.78, 5) is 12.0. The average molecular weight is 325 g/mol. The van der Waals surface area contributed by atoms with Gasteiger partial charge in [-0.05, 0) is 28.7 Å². The van der Waals surface area contributed by atoms with Gasteiger partial charge in [-0.3, -0.25) is 16.8 Å². The topological polar surface area (TPSA) is 90.4 Å². The van der Waals surface area contributed by atoms with Gasteiger partial charge in [0.15, 0.2) is 0 Å². The molecule has 0 saturated carbocycles. The zero-order chi connectivity index (χ0) is 17.2. The van der Waals surface area contributed by atoms with Crippen LogP contribution < -0.4 is 16.8 Å². The highest BCUT2D eigenvalue weighted by molar-refractivity contribution is 5.79. The summed E-state index contributed by atoms with van der Waals surface area (Å²) < 4.78 is 5.41. The molecule has 0 saturated heterocycles. The fourth-order valence-electron chi connectivity index (χ4n) is 3.30. The molecule has 5 N–H and O–H groups in total. The zero-order valence-electron chi connectivity index (χ0n) is 13.8. The van der Waals surface area contributed by atoms with Crippen LogP contribution in [0, 0.1) is 0 Å². The van der Waals surface area contributed by atoms with Gasteiger partial charge in [-0.2, -0.15) is 0 Å². The monoisotopic (exact) mass is 325 g/mol. The Kier molecular flexibility index (Phi) is 4.55. The molecule has 24 heavy (non-hydrogen) atoms. The van der Waals surface area contributed by atoms with Crippen LogP contribution in [0.2, 0.25) is 0 Å². The number of benzene rings is 2. The van der Waals surface area contributed by atoms with Gasteiger partial charge in [0.05, 0.1) is 0 Å². The van der Waals surface area contributed by atoms with E-state index in [1.165, 1.54) is 22.3 Å². The molecule has 0 radical (unpaired) electrons. The number of nitrogens with one attached hydrogen (secondary N) is 1. The highest BCUT2D eigenvalue weighted by Crippen LogP contribution is 2.44. The summed E-state index contributed by atoms with van der Waals surface area (Å²) in [7, 11) is 0. The smallest absolute Gasteiger partial charge is 0.409 e. The van der Waals surface area contributed by atoms with E-state index in [4.69, 9.17) is 16.2 Å². The van der Waals surface area contributed by atoms with Crippen molar-refractivity contribution in [3.8, 4) is 11.1 Å². The van der Waals surface area contributed by atoms with Crippen LogP contribution in [0.15, 0.2) is 48.5 Å². The quantitative estimate of drug-likeness (QED) is 0.737. The molecular weight excluding hydrogens is 302 g/mol. The van der Waals surface area contributed by atoms with Crippen LogP contribution in [-0.2, 0) is 4.74 Å². The van der Waals surface area contributed by atoms with E-state index < -0.39 is 11.9 Å². The molecule has 0 bridgehead atoms. The van der Waals surface area contributed by atoms with Crippen molar-refractivity contribution in [2.45, 2.75) is 31.5 Å². The van der Waals surface area contributed by atoms with E-state index in [0.717, 1.165) is 6.42 Å². The largest absolute Gasteiger partial charge is 0.448 e. The minimum Gasteiger partial charge on any atom is -0.448 e. The number of rotatable bonds is 5. The Labute approximate surface area is 142 Å². The van der Waals surface area contributed by atoms with Crippen LogP contribution in [0.1, 0.15) is 36.8 Å². The molecule has 5 heteroatoms. The van der Waals surface area contributed by atoms with Gasteiger partial charge >= 0.3 is 6.09 Å². The number of fused-ring (bicyclic) bond motifs is 3. The van der Waals surface area contributed by atoms with Gasteiger partial charge in [0.1, 0.15) is 12.4 Å². The predicted molar refractivity (Wildman–Crippen MR) is 94.2 cm³/mol. The summed E-state index contributed by atoms with van der Waals surface area (Å²) in [6, 6.07) is 16.4. The molecule has 1 aliphatic rings. The van der Waals surface area contributed by atoms with E-state index in [9.17, 15) is 4.79 Å². The summed E-state index contributed by atoms with van der Waals surface area (Å²) in [5.41, 5.74) is 16.4. The fraction of sp³-hybridized carbons (Fsp3) is 0.316. The number of amides is 1. The molecule has 1 aliphatic carbocycles. The molecule has 1 amide bonds. The van der Waals surface area contributed by atoms with Crippen molar-refractivity contribution in [3.63, 3.8) is 0 Å². The van der Waals surface area contributed by atoms with Crippen LogP contribution >= 0.6 is 0 Å². The van der Waals surface area contributed by atoms with Crippen molar-refractivity contribution in [2.75, 3.05) is 6.61 Å². The second-order valence-corrected chi connectivity index (χ2v) is 6.24. The molecule has 5 nitrogen and oxygen atoms in total. The van der Waals surface area contributed by atoms with Crippen molar-refractivity contribution in [1.29, 1.82) is 0 Å². The maximum atomic E-state index is 12.0. The molecule has 0 atom stereocenters. The molecule has 2 aromatic rings. The number of alkyl carbamates (subject to hydrolysis) is 1. The first-order chi connectivity index (χ1) is 11.5. The molecule has 3 rings (SSSR count). The zero-order valence-corrected chi connectivity index (χ0v) is 13.8. The molecule has 0 spiro atoms. The van der Waals surface area contributed by atoms with Gasteiger partial charge in [-0.25, -0.2) is 4.79 Å². The van der Waals surface area contributed by atoms with Crippen molar-refractivity contribution in [2.24, 2.45) is 11.5 Å². The third kappa shape index (κ3) is 3.27. The second kappa shape index (κ2) is 6.63. The van der Waals surface area contributed by atoms with E-state index in [-0.39, 0.29) is 12.5 Å². The lowest BCUT2D eigenvalue weighted by atomic mass is 9.98.